The van der Waals surface area contributed by atoms with Crippen LogP contribution >= 0.6 is 0 Å². The fraction of sp³-hybridized carbons (Fsp3) is 1.00. The van der Waals surface area contributed by atoms with Crippen molar-refractivity contribution in [3.63, 3.8) is 0 Å². The van der Waals surface area contributed by atoms with Crippen LogP contribution in [0.3, 0.4) is 0 Å². The third-order valence-corrected chi connectivity index (χ3v) is 1.75. The van der Waals surface area contributed by atoms with Crippen molar-refractivity contribution in [2.24, 2.45) is 0 Å². The third-order valence-electron chi connectivity index (χ3n) is 1.75. The van der Waals surface area contributed by atoms with Crippen LogP contribution in [0, 0.1) is 0 Å². The van der Waals surface area contributed by atoms with Gasteiger partial charge in [-0.3, -0.25) is 0 Å². The predicted octanol–water partition coefficient (Wildman–Crippen LogP) is 3.65. The molecule has 0 aliphatic carbocycles. The number of ether oxygens (including phenoxy) is 2. The fourth-order valence-electron chi connectivity index (χ4n) is 0.979. The zero-order valence-corrected chi connectivity index (χ0v) is 10.5. The highest BCUT2D eigenvalue weighted by atomic mass is 16.5. The molecule has 0 aliphatic heterocycles. The van der Waals surface area contributed by atoms with E-state index in [1.54, 1.807) is 0 Å². The maximum atomic E-state index is 5.18. The molecule has 0 heterocycles. The second kappa shape index (κ2) is 18.7. The van der Waals surface area contributed by atoms with Gasteiger partial charge < -0.3 is 9.47 Å². The van der Waals surface area contributed by atoms with Gasteiger partial charge in [0.1, 0.15) is 0 Å². The lowest BCUT2D eigenvalue weighted by Gasteiger charge is -1.98. The molecule has 0 bridgehead atoms. The highest BCUT2D eigenvalue weighted by Gasteiger charge is 1.85. The highest BCUT2D eigenvalue weighted by molar-refractivity contribution is 4.37. The molecule has 0 saturated heterocycles. The largest absolute Gasteiger partial charge is 0.382 e. The molecule has 2 nitrogen and oxygen atoms in total. The van der Waals surface area contributed by atoms with Crippen LogP contribution < -0.4 is 0 Å². The van der Waals surface area contributed by atoms with Crippen molar-refractivity contribution < 1.29 is 9.47 Å². The second-order valence-corrected chi connectivity index (χ2v) is 3.04. The molecule has 0 N–H and O–H groups in total. The Hall–Kier alpha value is -0.0800. The lowest BCUT2D eigenvalue weighted by Crippen LogP contribution is -1.92. The molecule has 0 rings (SSSR count). The van der Waals surface area contributed by atoms with Crippen molar-refractivity contribution in [1.82, 2.24) is 0 Å². The minimum atomic E-state index is 0.844. The van der Waals surface area contributed by atoms with Crippen LogP contribution in [0.4, 0.5) is 0 Å². The molecular formula is C12H28O2. The lowest BCUT2D eigenvalue weighted by atomic mass is 10.2. The van der Waals surface area contributed by atoms with E-state index in [9.17, 15) is 0 Å². The van der Waals surface area contributed by atoms with Gasteiger partial charge in [0, 0.05) is 26.4 Å². The molecule has 0 spiro atoms. The first-order valence-electron chi connectivity index (χ1n) is 5.98. The third kappa shape index (κ3) is 22.7. The van der Waals surface area contributed by atoms with E-state index in [2.05, 4.69) is 6.92 Å². The molecule has 88 valence electrons. The summed E-state index contributed by atoms with van der Waals surface area (Å²) in [6.45, 7) is 11.8. The van der Waals surface area contributed by atoms with Crippen LogP contribution in [-0.2, 0) is 9.47 Å². The number of unbranched alkanes of at least 4 members (excludes halogenated alkanes) is 3. The summed E-state index contributed by atoms with van der Waals surface area (Å²) in [7, 11) is 0. The van der Waals surface area contributed by atoms with Gasteiger partial charge in [0.25, 0.3) is 0 Å². The van der Waals surface area contributed by atoms with E-state index >= 15 is 0 Å². The molecule has 0 saturated carbocycles. The number of hydrogen-bond acceptors (Lipinski definition) is 2. The van der Waals surface area contributed by atoms with Crippen LogP contribution in [-0.4, -0.2) is 26.4 Å². The van der Waals surface area contributed by atoms with E-state index in [0.717, 1.165) is 26.4 Å². The second-order valence-electron chi connectivity index (χ2n) is 3.04. The minimum absolute atomic E-state index is 0.844. The van der Waals surface area contributed by atoms with E-state index in [0.29, 0.717) is 0 Å². The summed E-state index contributed by atoms with van der Waals surface area (Å²) < 4.78 is 10.0. The van der Waals surface area contributed by atoms with Crippen LogP contribution in [0.2, 0.25) is 0 Å². The average Bonchev–Trinajstić information content (AvgIpc) is 2.20. The van der Waals surface area contributed by atoms with Crippen molar-refractivity contribution in [2.45, 2.75) is 53.4 Å². The summed E-state index contributed by atoms with van der Waals surface area (Å²) in [5.41, 5.74) is 0. The normalized spacial score (nSPS) is 9.43. The summed E-state index contributed by atoms with van der Waals surface area (Å²) >= 11 is 0. The molecule has 0 atom stereocenters. The first-order chi connectivity index (χ1) is 6.83. The van der Waals surface area contributed by atoms with E-state index in [1.807, 2.05) is 20.8 Å². The van der Waals surface area contributed by atoms with E-state index < -0.39 is 0 Å². The molecule has 0 aliphatic rings. The Morgan fingerprint density at radius 1 is 0.643 bits per heavy atom. The summed E-state index contributed by atoms with van der Waals surface area (Å²) in [5, 5.41) is 0. The van der Waals surface area contributed by atoms with Gasteiger partial charge in [-0.2, -0.15) is 0 Å². The standard InChI is InChI=1S/C8H18O.C4H10O/c1-3-5-6-7-8-9-4-2;1-3-5-4-2/h3-8H2,1-2H3;3-4H2,1-2H3. The highest BCUT2D eigenvalue weighted by Crippen LogP contribution is 1.98. The Kier molecular flexibility index (Phi) is 21.8. The fourth-order valence-corrected chi connectivity index (χ4v) is 0.979. The summed E-state index contributed by atoms with van der Waals surface area (Å²) in [4.78, 5) is 0. The average molecular weight is 204 g/mol. The maximum Gasteiger partial charge on any atom is 0.0465 e. The smallest absolute Gasteiger partial charge is 0.0465 e. The van der Waals surface area contributed by atoms with Crippen LogP contribution in [0.15, 0.2) is 0 Å². The van der Waals surface area contributed by atoms with Crippen LogP contribution in [0.1, 0.15) is 53.4 Å². The molecule has 0 aromatic heterocycles. The monoisotopic (exact) mass is 204 g/mol. The Labute approximate surface area is 90.0 Å². The van der Waals surface area contributed by atoms with Crippen molar-refractivity contribution in [1.29, 1.82) is 0 Å². The lowest BCUT2D eigenvalue weighted by molar-refractivity contribution is 0.143. The molecular weight excluding hydrogens is 176 g/mol. The molecule has 0 radical (unpaired) electrons. The van der Waals surface area contributed by atoms with Crippen molar-refractivity contribution in [3.8, 4) is 0 Å². The van der Waals surface area contributed by atoms with E-state index in [1.165, 1.54) is 25.7 Å². The molecule has 14 heavy (non-hydrogen) atoms. The van der Waals surface area contributed by atoms with Gasteiger partial charge in [0.15, 0.2) is 0 Å². The summed E-state index contributed by atoms with van der Waals surface area (Å²) in [6, 6.07) is 0. The van der Waals surface area contributed by atoms with Crippen molar-refractivity contribution in [3.05, 3.63) is 0 Å². The van der Waals surface area contributed by atoms with Crippen molar-refractivity contribution >= 4 is 0 Å². The predicted molar refractivity (Wildman–Crippen MR) is 62.8 cm³/mol. The van der Waals surface area contributed by atoms with Crippen LogP contribution in [0.5, 0.6) is 0 Å². The van der Waals surface area contributed by atoms with Gasteiger partial charge in [-0.05, 0) is 27.2 Å². The Balaban J connectivity index is 0. The minimum Gasteiger partial charge on any atom is -0.382 e. The molecule has 0 unspecified atom stereocenters. The number of rotatable bonds is 8. The van der Waals surface area contributed by atoms with E-state index in [4.69, 9.17) is 9.47 Å². The Bertz CT molecular complexity index is 66.7. The van der Waals surface area contributed by atoms with E-state index in [-0.39, 0.29) is 0 Å². The zero-order chi connectivity index (χ0) is 11.1. The van der Waals surface area contributed by atoms with Gasteiger partial charge in [0.2, 0.25) is 0 Å². The summed E-state index contributed by atoms with van der Waals surface area (Å²) in [5.74, 6) is 0. The Morgan fingerprint density at radius 3 is 1.57 bits per heavy atom. The van der Waals surface area contributed by atoms with Gasteiger partial charge >= 0.3 is 0 Å². The molecule has 0 aromatic carbocycles. The quantitative estimate of drug-likeness (QED) is 0.562. The van der Waals surface area contributed by atoms with Gasteiger partial charge in [-0.15, -0.1) is 0 Å². The van der Waals surface area contributed by atoms with Crippen LogP contribution in [0.25, 0.3) is 0 Å². The van der Waals surface area contributed by atoms with Gasteiger partial charge in [-0.25, -0.2) is 0 Å². The van der Waals surface area contributed by atoms with Gasteiger partial charge in [-0.1, -0.05) is 26.2 Å². The Morgan fingerprint density at radius 2 is 1.21 bits per heavy atom. The number of hydrogen-bond donors (Lipinski definition) is 0. The zero-order valence-electron chi connectivity index (χ0n) is 10.5. The first-order valence-corrected chi connectivity index (χ1v) is 5.98. The maximum absolute atomic E-state index is 5.18. The topological polar surface area (TPSA) is 18.5 Å². The van der Waals surface area contributed by atoms with Gasteiger partial charge in [0.05, 0.1) is 0 Å². The molecule has 0 aromatic rings. The first kappa shape index (κ1) is 16.4. The summed E-state index contributed by atoms with van der Waals surface area (Å²) in [6.07, 6.45) is 5.23. The molecule has 0 amide bonds. The van der Waals surface area contributed by atoms with Crippen molar-refractivity contribution in [2.75, 3.05) is 26.4 Å². The SMILES string of the molecule is CCCCCCOCC.CCOCC. The molecule has 0 fully saturated rings. The molecule has 2 heteroatoms.